The van der Waals surface area contributed by atoms with Gasteiger partial charge in [0.2, 0.25) is 0 Å². The molecule has 0 aliphatic heterocycles. The minimum absolute atomic E-state index is 0.0550. The minimum atomic E-state index is -0.0550. The number of amides is 1. The van der Waals surface area contributed by atoms with E-state index in [1.807, 2.05) is 62.5 Å². The number of carbonyl (C=O) groups excluding carboxylic acids is 1. The van der Waals surface area contributed by atoms with E-state index in [4.69, 9.17) is 0 Å². The summed E-state index contributed by atoms with van der Waals surface area (Å²) in [6.45, 7) is 2.88. The van der Waals surface area contributed by atoms with E-state index in [9.17, 15) is 4.79 Å². The monoisotopic (exact) mass is 268 g/mol. The Hall–Kier alpha value is -2.13. The van der Waals surface area contributed by atoms with Crippen molar-refractivity contribution in [1.82, 2.24) is 5.32 Å². The molecule has 0 heterocycles. The standard InChI is InChI=1S/C17H20N2O/c1-13-7-9-15(10-8-13)19-17(20)16-6-4-3-5-14(16)11-12-18-2/h3-10,18H,11-12H2,1-2H3,(H,19,20). The predicted molar refractivity (Wildman–Crippen MR) is 83.2 cm³/mol. The molecular formula is C17H20N2O. The van der Waals surface area contributed by atoms with Crippen LogP contribution in [0.1, 0.15) is 21.5 Å². The first-order valence-electron chi connectivity index (χ1n) is 6.81. The lowest BCUT2D eigenvalue weighted by atomic mass is 10.0. The molecule has 2 rings (SSSR count). The van der Waals surface area contributed by atoms with Crippen LogP contribution in [0.4, 0.5) is 5.69 Å². The second kappa shape index (κ2) is 6.87. The molecule has 1 amide bonds. The topological polar surface area (TPSA) is 41.1 Å². The Labute approximate surface area is 120 Å². The first-order valence-corrected chi connectivity index (χ1v) is 6.81. The third-order valence-corrected chi connectivity index (χ3v) is 3.22. The van der Waals surface area contributed by atoms with Crippen molar-refractivity contribution in [3.63, 3.8) is 0 Å². The van der Waals surface area contributed by atoms with Crippen LogP contribution >= 0.6 is 0 Å². The third kappa shape index (κ3) is 3.68. The molecule has 0 atom stereocenters. The Morgan fingerprint density at radius 1 is 1.05 bits per heavy atom. The maximum Gasteiger partial charge on any atom is 0.255 e. The van der Waals surface area contributed by atoms with Gasteiger partial charge in [0.15, 0.2) is 0 Å². The van der Waals surface area contributed by atoms with E-state index in [-0.39, 0.29) is 5.91 Å². The van der Waals surface area contributed by atoms with Crippen molar-refractivity contribution in [2.24, 2.45) is 0 Å². The second-order valence-corrected chi connectivity index (χ2v) is 4.83. The van der Waals surface area contributed by atoms with Gasteiger partial charge in [-0.2, -0.15) is 0 Å². The van der Waals surface area contributed by atoms with Gasteiger partial charge in [-0.05, 0) is 50.7 Å². The summed E-state index contributed by atoms with van der Waals surface area (Å²) in [4.78, 5) is 12.4. The molecule has 20 heavy (non-hydrogen) atoms. The smallest absolute Gasteiger partial charge is 0.255 e. The predicted octanol–water partition coefficient (Wildman–Crippen LogP) is 3.01. The molecule has 0 fully saturated rings. The van der Waals surface area contributed by atoms with Crippen LogP contribution in [0.5, 0.6) is 0 Å². The van der Waals surface area contributed by atoms with Crippen molar-refractivity contribution in [3.05, 3.63) is 65.2 Å². The number of hydrogen-bond donors (Lipinski definition) is 2. The molecule has 0 bridgehead atoms. The van der Waals surface area contributed by atoms with Gasteiger partial charge in [-0.3, -0.25) is 4.79 Å². The van der Waals surface area contributed by atoms with Crippen LogP contribution in [0.2, 0.25) is 0 Å². The van der Waals surface area contributed by atoms with Gasteiger partial charge in [0.25, 0.3) is 5.91 Å². The van der Waals surface area contributed by atoms with Crippen molar-refractivity contribution in [2.45, 2.75) is 13.3 Å². The molecule has 0 spiro atoms. The maximum absolute atomic E-state index is 12.4. The maximum atomic E-state index is 12.4. The van der Waals surface area contributed by atoms with Crippen LogP contribution in [-0.2, 0) is 6.42 Å². The molecule has 3 heteroatoms. The fourth-order valence-electron chi connectivity index (χ4n) is 2.05. The summed E-state index contributed by atoms with van der Waals surface area (Å²) >= 11 is 0. The van der Waals surface area contributed by atoms with Gasteiger partial charge < -0.3 is 10.6 Å². The van der Waals surface area contributed by atoms with Crippen LogP contribution in [0.25, 0.3) is 0 Å². The fourth-order valence-corrected chi connectivity index (χ4v) is 2.05. The minimum Gasteiger partial charge on any atom is -0.322 e. The van der Waals surface area contributed by atoms with Crippen molar-refractivity contribution in [1.29, 1.82) is 0 Å². The molecule has 0 saturated heterocycles. The summed E-state index contributed by atoms with van der Waals surface area (Å²) in [5.74, 6) is -0.0550. The highest BCUT2D eigenvalue weighted by atomic mass is 16.1. The van der Waals surface area contributed by atoms with Gasteiger partial charge in [-0.25, -0.2) is 0 Å². The molecule has 3 nitrogen and oxygen atoms in total. The molecule has 2 N–H and O–H groups in total. The zero-order valence-electron chi connectivity index (χ0n) is 11.9. The molecule has 2 aromatic rings. The first-order chi connectivity index (χ1) is 9.70. The molecule has 0 aliphatic rings. The Balaban J connectivity index is 2.14. The van der Waals surface area contributed by atoms with E-state index in [1.165, 1.54) is 5.56 Å². The van der Waals surface area contributed by atoms with E-state index < -0.39 is 0 Å². The number of nitrogens with one attached hydrogen (secondary N) is 2. The summed E-state index contributed by atoms with van der Waals surface area (Å²) in [7, 11) is 1.91. The lowest BCUT2D eigenvalue weighted by Crippen LogP contribution is -2.17. The lowest BCUT2D eigenvalue weighted by Gasteiger charge is -2.10. The van der Waals surface area contributed by atoms with Crippen LogP contribution in [0.15, 0.2) is 48.5 Å². The summed E-state index contributed by atoms with van der Waals surface area (Å²) in [6.07, 6.45) is 0.841. The zero-order chi connectivity index (χ0) is 14.4. The molecule has 0 saturated carbocycles. The molecule has 0 aromatic heterocycles. The molecule has 104 valence electrons. The zero-order valence-corrected chi connectivity index (χ0v) is 11.9. The van der Waals surface area contributed by atoms with Gasteiger partial charge in [-0.15, -0.1) is 0 Å². The van der Waals surface area contributed by atoms with Crippen molar-refractivity contribution < 1.29 is 4.79 Å². The van der Waals surface area contributed by atoms with Crippen LogP contribution in [-0.4, -0.2) is 19.5 Å². The molecule has 0 unspecified atom stereocenters. The largest absolute Gasteiger partial charge is 0.322 e. The van der Waals surface area contributed by atoms with Crippen molar-refractivity contribution >= 4 is 11.6 Å². The number of anilines is 1. The molecule has 0 radical (unpaired) electrons. The number of aryl methyl sites for hydroxylation is 1. The van der Waals surface area contributed by atoms with Crippen LogP contribution < -0.4 is 10.6 Å². The average Bonchev–Trinajstić information content (AvgIpc) is 2.47. The number of likely N-dealkylation sites (N-methyl/N-ethyl adjacent to an activating group) is 1. The van der Waals surface area contributed by atoms with Gasteiger partial charge in [0.1, 0.15) is 0 Å². The van der Waals surface area contributed by atoms with E-state index in [0.29, 0.717) is 0 Å². The van der Waals surface area contributed by atoms with E-state index in [0.717, 1.165) is 29.8 Å². The van der Waals surface area contributed by atoms with Crippen molar-refractivity contribution in [3.8, 4) is 0 Å². The Morgan fingerprint density at radius 2 is 1.75 bits per heavy atom. The number of carbonyl (C=O) groups is 1. The normalized spacial score (nSPS) is 10.3. The summed E-state index contributed by atoms with van der Waals surface area (Å²) in [5, 5.41) is 6.05. The van der Waals surface area contributed by atoms with Gasteiger partial charge in [-0.1, -0.05) is 35.9 Å². The Kier molecular flexibility index (Phi) is 4.91. The lowest BCUT2D eigenvalue weighted by molar-refractivity contribution is 0.102. The van der Waals surface area contributed by atoms with Crippen LogP contribution in [0, 0.1) is 6.92 Å². The SMILES string of the molecule is CNCCc1ccccc1C(=O)Nc1ccc(C)cc1. The number of hydrogen-bond acceptors (Lipinski definition) is 2. The molecule has 2 aromatic carbocycles. The fraction of sp³-hybridized carbons (Fsp3) is 0.235. The van der Waals surface area contributed by atoms with E-state index >= 15 is 0 Å². The van der Waals surface area contributed by atoms with E-state index in [1.54, 1.807) is 0 Å². The highest BCUT2D eigenvalue weighted by molar-refractivity contribution is 6.05. The summed E-state index contributed by atoms with van der Waals surface area (Å²) < 4.78 is 0. The Morgan fingerprint density at radius 3 is 2.45 bits per heavy atom. The quantitative estimate of drug-likeness (QED) is 0.875. The van der Waals surface area contributed by atoms with Gasteiger partial charge >= 0.3 is 0 Å². The summed E-state index contributed by atoms with van der Waals surface area (Å²) in [5.41, 5.74) is 3.80. The third-order valence-electron chi connectivity index (χ3n) is 3.22. The van der Waals surface area contributed by atoms with Crippen molar-refractivity contribution in [2.75, 3.05) is 18.9 Å². The highest BCUT2D eigenvalue weighted by Crippen LogP contribution is 2.14. The first kappa shape index (κ1) is 14.3. The highest BCUT2D eigenvalue weighted by Gasteiger charge is 2.10. The van der Waals surface area contributed by atoms with Gasteiger partial charge in [0.05, 0.1) is 0 Å². The molecule has 0 aliphatic carbocycles. The Bertz CT molecular complexity index is 576. The van der Waals surface area contributed by atoms with Crippen LogP contribution in [0.3, 0.4) is 0 Å². The number of benzene rings is 2. The molecular weight excluding hydrogens is 248 g/mol. The van der Waals surface area contributed by atoms with E-state index in [2.05, 4.69) is 10.6 Å². The second-order valence-electron chi connectivity index (χ2n) is 4.83. The average molecular weight is 268 g/mol. The van der Waals surface area contributed by atoms with Gasteiger partial charge in [0, 0.05) is 11.3 Å². The number of rotatable bonds is 5. The summed E-state index contributed by atoms with van der Waals surface area (Å²) in [6, 6.07) is 15.6.